The number of hydrogen-bond acceptors (Lipinski definition) is 3. The average Bonchev–Trinajstić information content (AvgIpc) is 2.33. The number of aromatic nitrogens is 1. The second-order valence-electron chi connectivity index (χ2n) is 7.18. The molecule has 0 amide bonds. The van der Waals surface area contributed by atoms with Crippen LogP contribution >= 0.6 is 0 Å². The summed E-state index contributed by atoms with van der Waals surface area (Å²) in [5.74, 6) is 0. The van der Waals surface area contributed by atoms with Crippen molar-refractivity contribution >= 4 is 11.4 Å². The fraction of sp³-hybridized carbons (Fsp3) is 0.688. The van der Waals surface area contributed by atoms with Crippen molar-refractivity contribution in [3.8, 4) is 0 Å². The highest BCUT2D eigenvalue weighted by Gasteiger charge is 2.29. The first kappa shape index (κ1) is 17.5. The summed E-state index contributed by atoms with van der Waals surface area (Å²) in [5, 5.41) is 0. The molecule has 0 fully saturated rings. The third-order valence-corrected chi connectivity index (χ3v) is 4.83. The smallest absolute Gasteiger partial charge is 0.136 e. The van der Waals surface area contributed by atoms with Gasteiger partial charge in [0.25, 0.3) is 0 Å². The topological polar surface area (TPSA) is 48.0 Å². The van der Waals surface area contributed by atoms with Gasteiger partial charge in [-0.15, -0.1) is 4.72 Å². The van der Waals surface area contributed by atoms with Crippen molar-refractivity contribution in [3.63, 3.8) is 0 Å². The molecule has 114 valence electrons. The predicted octanol–water partition coefficient (Wildman–Crippen LogP) is 3.88. The molecule has 2 unspecified atom stereocenters. The van der Waals surface area contributed by atoms with Gasteiger partial charge in [-0.25, -0.2) is 0 Å². The van der Waals surface area contributed by atoms with E-state index in [1.807, 2.05) is 33.0 Å². The van der Waals surface area contributed by atoms with Crippen molar-refractivity contribution in [2.75, 3.05) is 0 Å². The highest BCUT2D eigenvalue weighted by Crippen LogP contribution is 2.24. The minimum absolute atomic E-state index is 0.0316. The normalized spacial score (nSPS) is 16.0. The van der Waals surface area contributed by atoms with Crippen LogP contribution in [-0.2, 0) is 16.8 Å². The van der Waals surface area contributed by atoms with Gasteiger partial charge in [-0.1, -0.05) is 33.8 Å². The van der Waals surface area contributed by atoms with Crippen LogP contribution in [0.2, 0.25) is 0 Å². The quantitative estimate of drug-likeness (QED) is 0.858. The molecule has 4 heteroatoms. The van der Waals surface area contributed by atoms with Gasteiger partial charge in [0.15, 0.2) is 0 Å². The van der Waals surface area contributed by atoms with Gasteiger partial charge in [0.05, 0.1) is 11.7 Å². The molecule has 0 saturated heterocycles. The van der Waals surface area contributed by atoms with E-state index in [0.717, 1.165) is 12.1 Å². The van der Waals surface area contributed by atoms with Crippen LogP contribution < -0.4 is 4.72 Å². The first-order valence-electron chi connectivity index (χ1n) is 7.20. The summed E-state index contributed by atoms with van der Waals surface area (Å²) < 4.78 is 15.1. The minimum atomic E-state index is -1.08. The van der Waals surface area contributed by atoms with E-state index >= 15 is 0 Å². The molecule has 0 aliphatic carbocycles. The Hall–Kier alpha value is -0.580. The highest BCUT2D eigenvalue weighted by molar-refractivity contribution is 7.90. The fourth-order valence-corrected chi connectivity index (χ4v) is 2.61. The van der Waals surface area contributed by atoms with Gasteiger partial charge >= 0.3 is 0 Å². The second kappa shape index (κ2) is 6.46. The molecule has 2 atom stereocenters. The maximum Gasteiger partial charge on any atom is 0.136 e. The number of nitrogens with zero attached hydrogens (tertiary/aromatic N) is 1. The number of nitrogens with one attached hydrogen (secondary N) is 1. The molecule has 3 nitrogen and oxygen atoms in total. The van der Waals surface area contributed by atoms with Gasteiger partial charge in [0.2, 0.25) is 0 Å². The van der Waals surface area contributed by atoms with Gasteiger partial charge in [-0.2, -0.15) is 0 Å². The molecule has 0 aromatic carbocycles. The van der Waals surface area contributed by atoms with E-state index in [4.69, 9.17) is 0 Å². The Morgan fingerprint density at radius 3 is 2.15 bits per heavy atom. The van der Waals surface area contributed by atoms with Gasteiger partial charge in [0.1, 0.15) is 4.75 Å². The van der Waals surface area contributed by atoms with Crippen molar-refractivity contribution in [2.45, 2.75) is 71.1 Å². The van der Waals surface area contributed by atoms with Gasteiger partial charge in [0, 0.05) is 17.6 Å². The molecule has 0 aliphatic rings. The molecule has 1 rings (SSSR count). The summed E-state index contributed by atoms with van der Waals surface area (Å²) >= 11 is -1.08. The molecule has 0 radical (unpaired) electrons. The molecule has 0 saturated carbocycles. The lowest BCUT2D eigenvalue weighted by Gasteiger charge is -2.27. The summed E-state index contributed by atoms with van der Waals surface area (Å²) in [4.78, 5) is 4.55. The molecule has 1 heterocycles. The highest BCUT2D eigenvalue weighted by atomic mass is 32.2. The third kappa shape index (κ3) is 4.76. The van der Waals surface area contributed by atoms with E-state index in [0.29, 0.717) is 0 Å². The van der Waals surface area contributed by atoms with Crippen molar-refractivity contribution in [2.24, 2.45) is 0 Å². The Kier molecular flexibility index (Phi) is 5.64. The Morgan fingerprint density at radius 2 is 1.80 bits per heavy atom. The van der Waals surface area contributed by atoms with E-state index in [2.05, 4.69) is 43.5 Å². The van der Waals surface area contributed by atoms with Crippen LogP contribution in [-0.4, -0.2) is 14.3 Å². The lowest BCUT2D eigenvalue weighted by atomic mass is 9.88. The SMILES string of the molecule is CCC(N[S+]([O-])C(C)(C)C)c1ccc(C(C)(C)C)cn1. The van der Waals surface area contributed by atoms with Crippen LogP contribution in [0, 0.1) is 0 Å². The summed E-state index contributed by atoms with van der Waals surface area (Å²) in [7, 11) is 0. The Morgan fingerprint density at radius 1 is 1.20 bits per heavy atom. The maximum atomic E-state index is 12.2. The van der Waals surface area contributed by atoms with Crippen LogP contribution in [0.4, 0.5) is 0 Å². The average molecular weight is 296 g/mol. The lowest BCUT2D eigenvalue weighted by molar-refractivity contribution is 0.514. The van der Waals surface area contributed by atoms with E-state index in [1.165, 1.54) is 5.56 Å². The monoisotopic (exact) mass is 296 g/mol. The van der Waals surface area contributed by atoms with E-state index < -0.39 is 11.4 Å². The van der Waals surface area contributed by atoms with E-state index in [9.17, 15) is 4.55 Å². The fourth-order valence-electron chi connectivity index (χ4n) is 1.71. The number of rotatable bonds is 4. The first-order valence-corrected chi connectivity index (χ1v) is 8.35. The molecule has 0 aliphatic heterocycles. The largest absolute Gasteiger partial charge is 0.598 e. The molecule has 1 aromatic rings. The molecule has 20 heavy (non-hydrogen) atoms. The molecule has 1 aromatic heterocycles. The van der Waals surface area contributed by atoms with Gasteiger partial charge in [-0.3, -0.25) is 4.98 Å². The number of pyridine rings is 1. The molecular formula is C16H28N2OS. The van der Waals surface area contributed by atoms with Crippen molar-refractivity contribution < 1.29 is 4.55 Å². The zero-order chi connectivity index (χ0) is 15.6. The summed E-state index contributed by atoms with van der Waals surface area (Å²) in [6.45, 7) is 14.5. The van der Waals surface area contributed by atoms with E-state index in [-0.39, 0.29) is 16.2 Å². The zero-order valence-corrected chi connectivity index (χ0v) is 14.6. The van der Waals surface area contributed by atoms with Crippen LogP contribution in [0.15, 0.2) is 18.3 Å². The van der Waals surface area contributed by atoms with Crippen LogP contribution in [0.5, 0.6) is 0 Å². The summed E-state index contributed by atoms with van der Waals surface area (Å²) in [6, 6.07) is 4.19. The molecule has 1 N–H and O–H groups in total. The van der Waals surface area contributed by atoms with Gasteiger partial charge < -0.3 is 4.55 Å². The standard InChI is InChI=1S/C16H28N2OS/c1-8-13(18-20(19)16(5,6)7)14-10-9-12(11-17-14)15(2,3)4/h9-11,13,18H,8H2,1-7H3. The van der Waals surface area contributed by atoms with Crippen LogP contribution in [0.3, 0.4) is 0 Å². The first-order chi connectivity index (χ1) is 9.05. The number of hydrogen-bond donors (Lipinski definition) is 1. The molecule has 0 bridgehead atoms. The van der Waals surface area contributed by atoms with Crippen LogP contribution in [0.25, 0.3) is 0 Å². The summed E-state index contributed by atoms with van der Waals surface area (Å²) in [5.41, 5.74) is 2.28. The minimum Gasteiger partial charge on any atom is -0.598 e. The second-order valence-corrected chi connectivity index (χ2v) is 9.18. The lowest BCUT2D eigenvalue weighted by Crippen LogP contribution is -2.41. The maximum absolute atomic E-state index is 12.2. The third-order valence-electron chi connectivity index (χ3n) is 3.22. The van der Waals surface area contributed by atoms with E-state index in [1.54, 1.807) is 0 Å². The van der Waals surface area contributed by atoms with Crippen molar-refractivity contribution in [3.05, 3.63) is 29.6 Å². The Labute approximate surface area is 126 Å². The van der Waals surface area contributed by atoms with Crippen molar-refractivity contribution in [1.82, 2.24) is 9.71 Å². The molecular weight excluding hydrogens is 268 g/mol. The van der Waals surface area contributed by atoms with Crippen LogP contribution in [0.1, 0.15) is 72.2 Å². The predicted molar refractivity (Wildman–Crippen MR) is 87.0 cm³/mol. The van der Waals surface area contributed by atoms with Crippen molar-refractivity contribution in [1.29, 1.82) is 0 Å². The summed E-state index contributed by atoms with van der Waals surface area (Å²) in [6.07, 6.45) is 2.80. The molecule has 0 spiro atoms. The Bertz CT molecular complexity index is 418. The van der Waals surface area contributed by atoms with Gasteiger partial charge in [-0.05, 0) is 44.2 Å². The zero-order valence-electron chi connectivity index (χ0n) is 13.8. The Balaban J connectivity index is 2.86.